The molecule has 0 spiro atoms. The van der Waals surface area contributed by atoms with E-state index in [9.17, 15) is 9.59 Å². The molecule has 2 unspecified atom stereocenters. The van der Waals surface area contributed by atoms with Crippen LogP contribution in [0.3, 0.4) is 0 Å². The SMILES string of the molecule is CCC(/C=C/C(=O)N1Cc2ncc(C(C)=O)n2C(C)C1)N1CCC1. The Labute approximate surface area is 143 Å². The van der Waals surface area contributed by atoms with Gasteiger partial charge in [0.1, 0.15) is 11.5 Å². The van der Waals surface area contributed by atoms with Crippen LogP contribution in [0.1, 0.15) is 56.0 Å². The van der Waals surface area contributed by atoms with E-state index >= 15 is 0 Å². The number of ketones is 1. The molecule has 1 fully saturated rings. The average molecular weight is 330 g/mol. The zero-order valence-electron chi connectivity index (χ0n) is 14.7. The monoisotopic (exact) mass is 330 g/mol. The Kier molecular flexibility index (Phi) is 4.85. The molecule has 6 heteroatoms. The molecule has 6 nitrogen and oxygen atoms in total. The first kappa shape index (κ1) is 16.9. The normalized spacial score (nSPS) is 22.3. The van der Waals surface area contributed by atoms with Gasteiger partial charge in [-0.3, -0.25) is 14.5 Å². The number of hydrogen-bond acceptors (Lipinski definition) is 4. The van der Waals surface area contributed by atoms with Crippen LogP contribution in [0.2, 0.25) is 0 Å². The highest BCUT2D eigenvalue weighted by Crippen LogP contribution is 2.23. The Morgan fingerprint density at radius 2 is 2.17 bits per heavy atom. The standard InChI is InChI=1S/C18H26N4O2/c1-4-15(20-8-5-9-20)6-7-18(24)21-11-13(2)22-16(14(3)23)10-19-17(22)12-21/h6-7,10,13,15H,4-5,8-9,11-12H2,1-3H3/b7-6+. The average Bonchev–Trinajstić information content (AvgIpc) is 2.93. The minimum atomic E-state index is 0.0145. The van der Waals surface area contributed by atoms with Gasteiger partial charge < -0.3 is 9.47 Å². The number of Topliss-reactive ketones (excluding diaryl/α,β-unsaturated/α-hetero) is 1. The van der Waals surface area contributed by atoms with Crippen LogP contribution in [0.5, 0.6) is 0 Å². The predicted molar refractivity (Wildman–Crippen MR) is 91.8 cm³/mol. The smallest absolute Gasteiger partial charge is 0.246 e. The number of fused-ring (bicyclic) bond motifs is 1. The van der Waals surface area contributed by atoms with Crippen LogP contribution < -0.4 is 0 Å². The molecule has 1 amide bonds. The minimum absolute atomic E-state index is 0.0145. The summed E-state index contributed by atoms with van der Waals surface area (Å²) in [4.78, 5) is 32.8. The van der Waals surface area contributed by atoms with Gasteiger partial charge in [0.2, 0.25) is 5.91 Å². The van der Waals surface area contributed by atoms with Crippen molar-refractivity contribution in [1.29, 1.82) is 0 Å². The molecule has 2 aliphatic heterocycles. The van der Waals surface area contributed by atoms with Gasteiger partial charge in [-0.25, -0.2) is 4.98 Å². The first-order valence-electron chi connectivity index (χ1n) is 8.79. The summed E-state index contributed by atoms with van der Waals surface area (Å²) in [5, 5.41) is 0. The molecule has 2 atom stereocenters. The number of amides is 1. The summed E-state index contributed by atoms with van der Waals surface area (Å²) in [5.74, 6) is 0.829. The lowest BCUT2D eigenvalue weighted by Crippen LogP contribution is -2.44. The van der Waals surface area contributed by atoms with Crippen LogP contribution in [0.25, 0.3) is 0 Å². The van der Waals surface area contributed by atoms with Gasteiger partial charge in [0.05, 0.1) is 18.8 Å². The van der Waals surface area contributed by atoms with Crippen LogP contribution in [0.4, 0.5) is 0 Å². The highest BCUT2D eigenvalue weighted by Gasteiger charge is 2.28. The summed E-state index contributed by atoms with van der Waals surface area (Å²) in [6, 6.07) is 0.418. The van der Waals surface area contributed by atoms with E-state index in [0.29, 0.717) is 24.8 Å². The topological polar surface area (TPSA) is 58.4 Å². The van der Waals surface area contributed by atoms with Gasteiger partial charge in [0.25, 0.3) is 0 Å². The van der Waals surface area contributed by atoms with Crippen LogP contribution >= 0.6 is 0 Å². The molecule has 0 radical (unpaired) electrons. The van der Waals surface area contributed by atoms with Gasteiger partial charge >= 0.3 is 0 Å². The Morgan fingerprint density at radius 1 is 1.42 bits per heavy atom. The zero-order chi connectivity index (χ0) is 17.3. The Morgan fingerprint density at radius 3 is 2.75 bits per heavy atom. The van der Waals surface area contributed by atoms with Crippen molar-refractivity contribution in [3.05, 3.63) is 29.9 Å². The highest BCUT2D eigenvalue weighted by molar-refractivity contribution is 5.92. The van der Waals surface area contributed by atoms with Crippen molar-refractivity contribution < 1.29 is 9.59 Å². The molecular formula is C18H26N4O2. The Hall–Kier alpha value is -1.95. The Bertz CT molecular complexity index is 660. The van der Waals surface area contributed by atoms with Crippen molar-refractivity contribution in [3.8, 4) is 0 Å². The fourth-order valence-corrected chi connectivity index (χ4v) is 3.56. The third-order valence-corrected chi connectivity index (χ3v) is 5.04. The summed E-state index contributed by atoms with van der Waals surface area (Å²) in [7, 11) is 0. The second kappa shape index (κ2) is 6.89. The summed E-state index contributed by atoms with van der Waals surface area (Å²) < 4.78 is 1.96. The van der Waals surface area contributed by atoms with Crippen molar-refractivity contribution in [3.63, 3.8) is 0 Å². The highest BCUT2D eigenvalue weighted by atomic mass is 16.2. The molecule has 1 saturated heterocycles. The number of likely N-dealkylation sites (tertiary alicyclic amines) is 1. The lowest BCUT2D eigenvalue weighted by atomic mass is 10.1. The van der Waals surface area contributed by atoms with Crippen molar-refractivity contribution in [2.45, 2.75) is 52.2 Å². The Balaban J connectivity index is 1.69. The van der Waals surface area contributed by atoms with E-state index in [1.807, 2.05) is 22.5 Å². The molecule has 2 aliphatic rings. The third-order valence-electron chi connectivity index (χ3n) is 5.04. The lowest BCUT2D eigenvalue weighted by molar-refractivity contribution is -0.128. The fraction of sp³-hybridized carbons (Fsp3) is 0.611. The van der Waals surface area contributed by atoms with Crippen molar-refractivity contribution in [2.75, 3.05) is 19.6 Å². The second-order valence-electron chi connectivity index (χ2n) is 6.78. The van der Waals surface area contributed by atoms with E-state index in [0.717, 1.165) is 25.3 Å². The lowest BCUT2D eigenvalue weighted by Gasteiger charge is -2.36. The minimum Gasteiger partial charge on any atom is -0.330 e. The summed E-state index contributed by atoms with van der Waals surface area (Å²) in [6.07, 6.45) is 7.64. The quantitative estimate of drug-likeness (QED) is 0.612. The van der Waals surface area contributed by atoms with Gasteiger partial charge in [0, 0.05) is 25.6 Å². The number of rotatable bonds is 5. The molecule has 1 aromatic rings. The van der Waals surface area contributed by atoms with E-state index in [4.69, 9.17) is 0 Å². The van der Waals surface area contributed by atoms with Gasteiger partial charge in [-0.15, -0.1) is 0 Å². The van der Waals surface area contributed by atoms with E-state index in [1.54, 1.807) is 19.2 Å². The van der Waals surface area contributed by atoms with Crippen LogP contribution in [-0.2, 0) is 11.3 Å². The number of aromatic nitrogens is 2. The van der Waals surface area contributed by atoms with Gasteiger partial charge in [-0.2, -0.15) is 0 Å². The molecule has 1 aromatic heterocycles. The molecule has 3 heterocycles. The molecular weight excluding hydrogens is 304 g/mol. The molecule has 0 bridgehead atoms. The maximum Gasteiger partial charge on any atom is 0.246 e. The van der Waals surface area contributed by atoms with Gasteiger partial charge in [-0.1, -0.05) is 13.0 Å². The maximum atomic E-state index is 12.6. The predicted octanol–water partition coefficient (Wildman–Crippen LogP) is 2.03. The molecule has 130 valence electrons. The third kappa shape index (κ3) is 3.15. The first-order valence-corrected chi connectivity index (χ1v) is 8.79. The molecule has 3 rings (SSSR count). The zero-order valence-corrected chi connectivity index (χ0v) is 14.7. The van der Waals surface area contributed by atoms with Crippen molar-refractivity contribution in [2.24, 2.45) is 0 Å². The van der Waals surface area contributed by atoms with Crippen molar-refractivity contribution >= 4 is 11.7 Å². The van der Waals surface area contributed by atoms with Crippen molar-refractivity contribution in [1.82, 2.24) is 19.4 Å². The molecule has 0 saturated carbocycles. The van der Waals surface area contributed by atoms with Gasteiger partial charge in [-0.05, 0) is 32.9 Å². The van der Waals surface area contributed by atoms with Crippen LogP contribution in [0, 0.1) is 0 Å². The second-order valence-corrected chi connectivity index (χ2v) is 6.78. The number of carbonyl (C=O) groups excluding carboxylic acids is 2. The van der Waals surface area contributed by atoms with Crippen LogP contribution in [0.15, 0.2) is 18.3 Å². The largest absolute Gasteiger partial charge is 0.330 e. The number of carbonyl (C=O) groups is 2. The fourth-order valence-electron chi connectivity index (χ4n) is 3.56. The molecule has 0 N–H and O–H groups in total. The summed E-state index contributed by atoms with van der Waals surface area (Å²) in [5.41, 5.74) is 0.629. The molecule has 0 aliphatic carbocycles. The summed E-state index contributed by atoms with van der Waals surface area (Å²) >= 11 is 0. The number of imidazole rings is 1. The van der Waals surface area contributed by atoms with Crippen LogP contribution in [-0.4, -0.2) is 56.7 Å². The number of hydrogen-bond donors (Lipinski definition) is 0. The molecule has 24 heavy (non-hydrogen) atoms. The van der Waals surface area contributed by atoms with E-state index in [-0.39, 0.29) is 17.7 Å². The van der Waals surface area contributed by atoms with Gasteiger partial charge in [0.15, 0.2) is 5.78 Å². The number of nitrogens with zero attached hydrogens (tertiary/aromatic N) is 4. The molecule has 0 aromatic carbocycles. The van der Waals surface area contributed by atoms with E-state index in [1.165, 1.54) is 6.42 Å². The summed E-state index contributed by atoms with van der Waals surface area (Å²) in [6.45, 7) is 9.05. The van der Waals surface area contributed by atoms with E-state index in [2.05, 4.69) is 16.8 Å². The first-order chi connectivity index (χ1) is 11.5. The maximum absolute atomic E-state index is 12.6. The van der Waals surface area contributed by atoms with E-state index < -0.39 is 0 Å².